The lowest BCUT2D eigenvalue weighted by molar-refractivity contribution is 0.294. The lowest BCUT2D eigenvalue weighted by Crippen LogP contribution is -2.18. The molecule has 7 heteroatoms. The molecule has 5 aromatic rings. The number of imidazole rings is 1. The largest absolute Gasteiger partial charge is 0.473 e. The number of fused-ring (bicyclic) bond motifs is 2. The lowest BCUT2D eigenvalue weighted by atomic mass is 9.87. The van der Waals surface area contributed by atoms with Crippen LogP contribution in [0.2, 0.25) is 10.0 Å². The van der Waals surface area contributed by atoms with E-state index >= 15 is 0 Å². The van der Waals surface area contributed by atoms with Gasteiger partial charge in [0.1, 0.15) is 6.61 Å². The summed E-state index contributed by atoms with van der Waals surface area (Å²) in [5, 5.41) is 2.28. The van der Waals surface area contributed by atoms with Gasteiger partial charge in [-0.1, -0.05) is 59.6 Å². The Kier molecular flexibility index (Phi) is 5.75. The number of rotatable bonds is 5. The molecule has 0 fully saturated rings. The summed E-state index contributed by atoms with van der Waals surface area (Å²) in [5.41, 5.74) is 7.50. The molecule has 1 aliphatic rings. The third kappa shape index (κ3) is 3.99. The van der Waals surface area contributed by atoms with Crippen LogP contribution in [0.5, 0.6) is 5.88 Å². The van der Waals surface area contributed by atoms with Crippen LogP contribution in [0.4, 0.5) is 0 Å². The van der Waals surface area contributed by atoms with Gasteiger partial charge in [-0.2, -0.15) is 0 Å². The average molecular weight is 503 g/mol. The molecule has 6 rings (SSSR count). The zero-order valence-corrected chi connectivity index (χ0v) is 20.8. The van der Waals surface area contributed by atoms with Gasteiger partial charge in [0.2, 0.25) is 5.88 Å². The molecule has 176 valence electrons. The van der Waals surface area contributed by atoms with Crippen LogP contribution in [-0.2, 0) is 13.0 Å². The molecule has 5 nitrogen and oxygen atoms in total. The van der Waals surface area contributed by atoms with Gasteiger partial charge in [0.15, 0.2) is 0 Å². The smallest absolute Gasteiger partial charge is 0.214 e. The Morgan fingerprint density at radius 3 is 2.83 bits per heavy atom. The fourth-order valence-electron chi connectivity index (χ4n) is 5.13. The van der Waals surface area contributed by atoms with Crippen LogP contribution >= 0.6 is 23.2 Å². The minimum Gasteiger partial charge on any atom is -0.473 e. The van der Waals surface area contributed by atoms with Crippen molar-refractivity contribution in [3.63, 3.8) is 0 Å². The van der Waals surface area contributed by atoms with Crippen LogP contribution in [0.25, 0.3) is 22.2 Å². The second-order valence-electron chi connectivity index (χ2n) is 8.97. The Bertz CT molecular complexity index is 1520. The molecule has 2 aromatic carbocycles. The van der Waals surface area contributed by atoms with E-state index in [1.54, 1.807) is 0 Å². The van der Waals surface area contributed by atoms with Gasteiger partial charge in [0.25, 0.3) is 0 Å². The van der Waals surface area contributed by atoms with E-state index in [4.69, 9.17) is 32.9 Å². The van der Waals surface area contributed by atoms with Gasteiger partial charge in [-0.25, -0.2) is 9.97 Å². The number of ether oxygens (including phenoxy) is 1. The summed E-state index contributed by atoms with van der Waals surface area (Å²) < 4.78 is 8.27. The molecule has 0 amide bonds. The van der Waals surface area contributed by atoms with E-state index in [-0.39, 0.29) is 6.04 Å². The van der Waals surface area contributed by atoms with Gasteiger partial charge < -0.3 is 14.3 Å². The molecule has 0 aliphatic heterocycles. The molecule has 1 N–H and O–H groups in total. The number of nitrogens with zero attached hydrogens (tertiary/aromatic N) is 3. The average Bonchev–Trinajstić information content (AvgIpc) is 3.47. The highest BCUT2D eigenvalue weighted by atomic mass is 35.5. The van der Waals surface area contributed by atoms with Crippen molar-refractivity contribution in [3.8, 4) is 17.1 Å². The molecular weight excluding hydrogens is 479 g/mol. The number of hydrogen-bond acceptors (Lipinski definition) is 3. The highest BCUT2D eigenvalue weighted by molar-refractivity contribution is 6.42. The minimum absolute atomic E-state index is 0.0711. The second-order valence-corrected chi connectivity index (χ2v) is 9.76. The number of benzene rings is 2. The van der Waals surface area contributed by atoms with Crippen LogP contribution in [0, 0.1) is 6.92 Å². The Morgan fingerprint density at radius 2 is 1.97 bits per heavy atom. The van der Waals surface area contributed by atoms with Crippen molar-refractivity contribution in [1.29, 1.82) is 0 Å². The first-order valence-corrected chi connectivity index (χ1v) is 12.5. The first-order valence-electron chi connectivity index (χ1n) is 11.7. The second kappa shape index (κ2) is 9.06. The number of aryl methyl sites for hydroxylation is 2. The van der Waals surface area contributed by atoms with Gasteiger partial charge in [-0.05, 0) is 48.9 Å². The lowest BCUT2D eigenvalue weighted by Gasteiger charge is -2.29. The normalized spacial score (nSPS) is 15.3. The predicted octanol–water partition coefficient (Wildman–Crippen LogP) is 7.55. The molecular formula is C28H24Cl2N4O. The molecule has 0 radical (unpaired) electrons. The predicted molar refractivity (Wildman–Crippen MR) is 140 cm³/mol. The molecule has 1 atom stereocenters. The zero-order valence-electron chi connectivity index (χ0n) is 19.3. The summed E-state index contributed by atoms with van der Waals surface area (Å²) in [7, 11) is 0. The molecule has 3 heterocycles. The van der Waals surface area contributed by atoms with Crippen LogP contribution in [-0.4, -0.2) is 19.5 Å². The SMILES string of the molecule is Cc1ncn(C2CCCc3ccc(Cl)c(Cl)c32)c1-c1c[nH]c2cnc(OCc3ccccc3)cc12. The van der Waals surface area contributed by atoms with Crippen LogP contribution in [0.3, 0.4) is 0 Å². The molecule has 0 saturated heterocycles. The topological polar surface area (TPSA) is 55.7 Å². The monoisotopic (exact) mass is 502 g/mol. The van der Waals surface area contributed by atoms with Crippen molar-refractivity contribution in [2.45, 2.75) is 38.8 Å². The minimum atomic E-state index is 0.0711. The van der Waals surface area contributed by atoms with E-state index in [1.165, 1.54) is 5.56 Å². The summed E-state index contributed by atoms with van der Waals surface area (Å²) in [6, 6.07) is 16.2. The maximum atomic E-state index is 6.74. The van der Waals surface area contributed by atoms with E-state index in [2.05, 4.69) is 20.6 Å². The van der Waals surface area contributed by atoms with E-state index in [9.17, 15) is 0 Å². The van der Waals surface area contributed by atoms with Crippen molar-refractivity contribution in [2.75, 3.05) is 0 Å². The maximum absolute atomic E-state index is 6.74. The Labute approximate surface area is 213 Å². The summed E-state index contributed by atoms with van der Waals surface area (Å²) >= 11 is 13.2. The van der Waals surface area contributed by atoms with Gasteiger partial charge in [0.05, 0.1) is 45.5 Å². The Morgan fingerprint density at radius 1 is 1.11 bits per heavy atom. The van der Waals surface area contributed by atoms with E-state index < -0.39 is 0 Å². The molecule has 35 heavy (non-hydrogen) atoms. The van der Waals surface area contributed by atoms with Crippen molar-refractivity contribution < 1.29 is 4.74 Å². The Balaban J connectivity index is 1.41. The van der Waals surface area contributed by atoms with Gasteiger partial charge >= 0.3 is 0 Å². The molecule has 3 aromatic heterocycles. The zero-order chi connectivity index (χ0) is 23.9. The number of aromatic nitrogens is 4. The Hall–Kier alpha value is -3.28. The van der Waals surface area contributed by atoms with Crippen LogP contribution in [0.1, 0.15) is 41.3 Å². The first kappa shape index (κ1) is 22.2. The van der Waals surface area contributed by atoms with E-state index in [0.717, 1.165) is 58.2 Å². The molecule has 1 aliphatic carbocycles. The van der Waals surface area contributed by atoms with E-state index in [1.807, 2.05) is 68.1 Å². The van der Waals surface area contributed by atoms with Crippen LogP contribution in [0.15, 0.2) is 67.3 Å². The number of aromatic amines is 1. The summed E-state index contributed by atoms with van der Waals surface area (Å²) in [6.45, 7) is 2.51. The van der Waals surface area contributed by atoms with E-state index in [0.29, 0.717) is 22.5 Å². The molecule has 1 unspecified atom stereocenters. The van der Waals surface area contributed by atoms with Gasteiger partial charge in [-0.3, -0.25) is 0 Å². The van der Waals surface area contributed by atoms with Crippen molar-refractivity contribution in [3.05, 3.63) is 99.7 Å². The standard InChI is InChI=1S/C28H24Cl2N4O/c1-17-28(34(16-33-17)24-9-5-8-19-10-11-22(29)27(30)26(19)24)21-13-31-23-14-32-25(12-20(21)23)35-15-18-6-3-2-4-7-18/h2-4,6-7,10-14,16,24,31H,5,8-9,15H2,1H3. The first-order chi connectivity index (χ1) is 17.1. The summed E-state index contributed by atoms with van der Waals surface area (Å²) in [6.07, 6.45) is 8.84. The summed E-state index contributed by atoms with van der Waals surface area (Å²) in [5.74, 6) is 0.587. The number of pyridine rings is 1. The molecule has 0 spiro atoms. The number of hydrogen-bond donors (Lipinski definition) is 1. The summed E-state index contributed by atoms with van der Waals surface area (Å²) in [4.78, 5) is 12.6. The van der Waals surface area contributed by atoms with Gasteiger partial charge in [-0.15, -0.1) is 0 Å². The molecule has 0 saturated carbocycles. The van der Waals surface area contributed by atoms with Crippen molar-refractivity contribution in [2.24, 2.45) is 0 Å². The maximum Gasteiger partial charge on any atom is 0.214 e. The molecule has 0 bridgehead atoms. The van der Waals surface area contributed by atoms with Gasteiger partial charge in [0, 0.05) is 23.2 Å². The number of H-pyrrole nitrogens is 1. The van der Waals surface area contributed by atoms with Crippen molar-refractivity contribution >= 4 is 34.1 Å². The highest BCUT2D eigenvalue weighted by Gasteiger charge is 2.28. The fourth-order valence-corrected chi connectivity index (χ4v) is 5.60. The number of halogens is 2. The third-order valence-electron chi connectivity index (χ3n) is 6.82. The third-order valence-corrected chi connectivity index (χ3v) is 7.64. The van der Waals surface area contributed by atoms with Crippen LogP contribution < -0.4 is 4.74 Å². The highest BCUT2D eigenvalue weighted by Crippen LogP contribution is 2.43. The van der Waals surface area contributed by atoms with Crippen molar-refractivity contribution in [1.82, 2.24) is 19.5 Å². The fraction of sp³-hybridized carbons (Fsp3) is 0.214. The number of nitrogens with one attached hydrogen (secondary N) is 1. The quantitative estimate of drug-likeness (QED) is 0.270.